The minimum Gasteiger partial charge on any atom is -0.389 e. The molecule has 152 valence electrons. The molecule has 0 aliphatic carbocycles. The number of aliphatic hydroxyl groups is 2. The monoisotopic (exact) mass is 403 g/mol. The van der Waals surface area contributed by atoms with E-state index >= 15 is 0 Å². The van der Waals surface area contributed by atoms with Gasteiger partial charge in [0.25, 0.3) is 0 Å². The largest absolute Gasteiger partial charge is 0.702 e. The first-order valence-corrected chi connectivity index (χ1v) is 8.41. The number of amides is 2. The molecule has 0 saturated heterocycles. The molecule has 0 aromatic carbocycles. The van der Waals surface area contributed by atoms with E-state index in [0.29, 0.717) is 10.1 Å². The molecule has 0 radical (unpaired) electrons. The summed E-state index contributed by atoms with van der Waals surface area (Å²) < 4.78 is 30.2. The number of aliphatic hydroxyl groups excluding tert-OH is 2. The third kappa shape index (κ3) is 13.0. The van der Waals surface area contributed by atoms with Crippen LogP contribution in [0.15, 0.2) is 0 Å². The molecule has 4 N–H and O–H groups in total. The molecule has 0 fully saturated rings. The summed E-state index contributed by atoms with van der Waals surface area (Å²) in [5, 5.41) is 37.7. The van der Waals surface area contributed by atoms with Crippen molar-refractivity contribution in [2.24, 2.45) is 0 Å². The quantitative estimate of drug-likeness (QED) is 0.0903. The zero-order chi connectivity index (χ0) is 20.1. The lowest BCUT2D eigenvalue weighted by atomic mass is 10.4. The summed E-state index contributed by atoms with van der Waals surface area (Å²) in [6.07, 6.45) is -2.34. The Bertz CT molecular complexity index is 415. The molecule has 0 aliphatic rings. The first-order valence-electron chi connectivity index (χ1n) is 7.32. The van der Waals surface area contributed by atoms with Crippen LogP contribution in [0.25, 0.3) is 0 Å². The van der Waals surface area contributed by atoms with Gasteiger partial charge in [-0.05, 0) is 0 Å². The molecule has 0 bridgehead atoms. The van der Waals surface area contributed by atoms with E-state index in [1.54, 1.807) is 0 Å². The van der Waals surface area contributed by atoms with Gasteiger partial charge < -0.3 is 19.7 Å². The molecule has 2 unspecified atom stereocenters. The Labute approximate surface area is 150 Å². The average molecular weight is 403 g/mol. The molecule has 0 spiro atoms. The molecule has 0 heterocycles. The van der Waals surface area contributed by atoms with E-state index in [4.69, 9.17) is 19.9 Å². The van der Waals surface area contributed by atoms with Crippen molar-refractivity contribution in [2.75, 3.05) is 39.9 Å². The van der Waals surface area contributed by atoms with Crippen molar-refractivity contribution in [1.82, 2.24) is 10.1 Å². The highest BCUT2D eigenvalue weighted by molar-refractivity contribution is 7.33. The smallest absolute Gasteiger partial charge is 0.389 e. The third-order valence-corrected chi connectivity index (χ3v) is 3.23. The van der Waals surface area contributed by atoms with Crippen LogP contribution in [0, 0.1) is 0 Å². The fourth-order valence-corrected chi connectivity index (χ4v) is 1.72. The van der Waals surface area contributed by atoms with E-state index in [9.17, 15) is 24.4 Å². The van der Waals surface area contributed by atoms with Crippen molar-refractivity contribution in [1.29, 1.82) is 0 Å². The van der Waals surface area contributed by atoms with Gasteiger partial charge in [-0.3, -0.25) is 20.0 Å². The highest BCUT2D eigenvalue weighted by Crippen LogP contribution is 2.23. The summed E-state index contributed by atoms with van der Waals surface area (Å²) in [4.78, 5) is 21.5. The fraction of sp³-hybridized carbons (Fsp3) is 0.833. The van der Waals surface area contributed by atoms with E-state index in [-0.39, 0.29) is 26.3 Å². The maximum absolute atomic E-state index is 11.3. The van der Waals surface area contributed by atoms with Crippen LogP contribution in [-0.2, 0) is 32.7 Å². The lowest BCUT2D eigenvalue weighted by Gasteiger charge is -2.16. The molecule has 14 heteroatoms. The minimum atomic E-state index is -2.59. The number of rotatable bonds is 14. The zero-order valence-electron chi connectivity index (χ0n) is 14.4. The van der Waals surface area contributed by atoms with Gasteiger partial charge in [-0.15, -0.1) is 0 Å². The topological polar surface area (TPSA) is 176 Å². The Balaban J connectivity index is 3.66. The molecule has 0 aromatic rings. The highest BCUT2D eigenvalue weighted by Gasteiger charge is 2.22. The van der Waals surface area contributed by atoms with E-state index in [2.05, 4.69) is 9.05 Å². The number of hydrogen-bond donors (Lipinski definition) is 4. The van der Waals surface area contributed by atoms with Crippen LogP contribution in [0.1, 0.15) is 13.8 Å². The normalized spacial score (nSPS) is 13.8. The molecule has 13 nitrogen and oxygen atoms in total. The van der Waals surface area contributed by atoms with Gasteiger partial charge >= 0.3 is 8.25 Å². The van der Waals surface area contributed by atoms with Gasteiger partial charge in [-0.1, -0.05) is 9.05 Å². The molecular weight excluding hydrogens is 379 g/mol. The zero-order valence-corrected chi connectivity index (χ0v) is 15.3. The van der Waals surface area contributed by atoms with Crippen LogP contribution in [0.2, 0.25) is 0 Å². The predicted molar refractivity (Wildman–Crippen MR) is 81.8 cm³/mol. The van der Waals surface area contributed by atoms with Crippen LogP contribution in [0.4, 0.5) is 0 Å². The van der Waals surface area contributed by atoms with E-state index < -0.39 is 45.9 Å². The van der Waals surface area contributed by atoms with Crippen molar-refractivity contribution < 1.29 is 53.3 Å². The molecule has 0 aliphatic heterocycles. The second kappa shape index (κ2) is 13.9. The predicted octanol–water partition coefficient (Wildman–Crippen LogP) is -1.18. The number of hydroxylamine groups is 4. The first-order chi connectivity index (χ1) is 12.1. The molecule has 0 aromatic heterocycles. The van der Waals surface area contributed by atoms with Crippen LogP contribution in [0.3, 0.4) is 0 Å². The Morgan fingerprint density at radius 3 is 1.54 bits per heavy atom. The third-order valence-electron chi connectivity index (χ3n) is 2.60. The maximum Gasteiger partial charge on any atom is 0.702 e. The van der Waals surface area contributed by atoms with Gasteiger partial charge in [0.1, 0.15) is 0 Å². The summed E-state index contributed by atoms with van der Waals surface area (Å²) in [5.41, 5.74) is 0. The van der Waals surface area contributed by atoms with Crippen LogP contribution in [0.5, 0.6) is 0 Å². The molecule has 2 atom stereocenters. The van der Waals surface area contributed by atoms with Gasteiger partial charge in [0.15, 0.2) is 0 Å². The summed E-state index contributed by atoms with van der Waals surface area (Å²) in [6.45, 7) is -0.0389. The van der Waals surface area contributed by atoms with Crippen LogP contribution >= 0.6 is 8.25 Å². The van der Waals surface area contributed by atoms with Crippen molar-refractivity contribution in [3.63, 3.8) is 0 Å². The van der Waals surface area contributed by atoms with Crippen LogP contribution in [-0.4, -0.2) is 94.7 Å². The SMILES string of the molecule is CC(=O)N(O)CC(O)COCO[P+](=O)OCOCC(O)CN(O)C(C)=O. The highest BCUT2D eigenvalue weighted by atomic mass is 31.1. The van der Waals surface area contributed by atoms with Gasteiger partial charge in [0.2, 0.25) is 25.4 Å². The van der Waals surface area contributed by atoms with Crippen LogP contribution < -0.4 is 0 Å². The standard InChI is InChI=1S/C12H24N2O11P/c1-9(15)13(19)3-11(17)5-22-7-24-26(21)25-8-23-6-12(18)4-14(20)10(2)16/h11-12,17-20H,3-8H2,1-2H3/q+1. The molecule has 26 heavy (non-hydrogen) atoms. The van der Waals surface area contributed by atoms with Gasteiger partial charge in [0.05, 0.1) is 38.5 Å². The Morgan fingerprint density at radius 2 is 1.23 bits per heavy atom. The van der Waals surface area contributed by atoms with Crippen molar-refractivity contribution in [3.8, 4) is 0 Å². The Hall–Kier alpha value is -1.28. The number of carbonyl (C=O) groups excluding carboxylic acids is 2. The summed E-state index contributed by atoms with van der Waals surface area (Å²) in [7, 11) is -2.59. The molecular formula is C12H24N2O11P+. The molecule has 0 rings (SSSR count). The summed E-state index contributed by atoms with van der Waals surface area (Å²) >= 11 is 0. The Kier molecular flexibility index (Phi) is 13.2. The number of carbonyl (C=O) groups is 2. The fourth-order valence-electron chi connectivity index (χ4n) is 1.33. The lowest BCUT2D eigenvalue weighted by Crippen LogP contribution is -2.35. The van der Waals surface area contributed by atoms with Gasteiger partial charge in [-0.2, -0.15) is 0 Å². The summed E-state index contributed by atoms with van der Waals surface area (Å²) in [6, 6.07) is 0. The minimum absolute atomic E-state index is 0.288. The van der Waals surface area contributed by atoms with Crippen molar-refractivity contribution >= 4 is 20.1 Å². The molecule has 0 saturated carbocycles. The maximum atomic E-state index is 11.3. The number of ether oxygens (including phenoxy) is 2. The van der Waals surface area contributed by atoms with Crippen molar-refractivity contribution in [2.45, 2.75) is 26.1 Å². The van der Waals surface area contributed by atoms with E-state index in [1.807, 2.05) is 0 Å². The lowest BCUT2D eigenvalue weighted by molar-refractivity contribution is -0.170. The Morgan fingerprint density at radius 1 is 0.885 bits per heavy atom. The first kappa shape index (κ1) is 24.7. The van der Waals surface area contributed by atoms with Gasteiger partial charge in [-0.25, -0.2) is 10.1 Å². The molecule has 2 amide bonds. The van der Waals surface area contributed by atoms with E-state index in [1.165, 1.54) is 0 Å². The number of hydrogen-bond acceptors (Lipinski definition) is 11. The van der Waals surface area contributed by atoms with Gasteiger partial charge in [0, 0.05) is 18.4 Å². The van der Waals surface area contributed by atoms with Crippen molar-refractivity contribution in [3.05, 3.63) is 0 Å². The second-order valence-corrected chi connectivity index (χ2v) is 5.93. The van der Waals surface area contributed by atoms with E-state index in [0.717, 1.165) is 13.8 Å². The second-order valence-electron chi connectivity index (χ2n) is 4.97. The average Bonchev–Trinajstić information content (AvgIpc) is 2.55. The number of nitrogens with zero attached hydrogens (tertiary/aromatic N) is 2. The summed E-state index contributed by atoms with van der Waals surface area (Å²) in [5.74, 6) is -1.29.